The lowest BCUT2D eigenvalue weighted by atomic mass is 9.72. The monoisotopic (exact) mass is 482 g/mol. The molecule has 0 radical (unpaired) electrons. The molecule has 35 heavy (non-hydrogen) atoms. The van der Waals surface area contributed by atoms with Crippen LogP contribution in [0.1, 0.15) is 106 Å². The van der Waals surface area contributed by atoms with Gasteiger partial charge in [-0.1, -0.05) is 50.6 Å². The van der Waals surface area contributed by atoms with Crippen molar-refractivity contribution in [2.24, 2.45) is 0 Å². The molecule has 0 spiro atoms. The van der Waals surface area contributed by atoms with Crippen LogP contribution in [0.3, 0.4) is 0 Å². The van der Waals surface area contributed by atoms with Gasteiger partial charge in [0.2, 0.25) is 0 Å². The van der Waals surface area contributed by atoms with Gasteiger partial charge in [0.05, 0.1) is 26.4 Å². The minimum Gasteiger partial charge on any atom is -0.377 e. The Morgan fingerprint density at radius 1 is 0.629 bits per heavy atom. The molecule has 0 amide bonds. The van der Waals surface area contributed by atoms with E-state index in [4.69, 9.17) is 18.9 Å². The Morgan fingerprint density at radius 3 is 1.46 bits per heavy atom. The summed E-state index contributed by atoms with van der Waals surface area (Å²) >= 11 is 0. The molecule has 3 rings (SSSR count). The fourth-order valence-corrected chi connectivity index (χ4v) is 4.92. The highest BCUT2D eigenvalue weighted by Crippen LogP contribution is 2.43. The van der Waals surface area contributed by atoms with E-state index in [2.05, 4.69) is 58.0 Å². The molecule has 0 N–H and O–H groups in total. The largest absolute Gasteiger partial charge is 0.377 e. The van der Waals surface area contributed by atoms with Gasteiger partial charge in [0.25, 0.3) is 0 Å². The predicted molar refractivity (Wildman–Crippen MR) is 143 cm³/mol. The maximum atomic E-state index is 5.96. The maximum Gasteiger partial charge on any atom is 0.0719 e. The molecule has 0 unspecified atom stereocenters. The molecule has 0 bridgehead atoms. The van der Waals surface area contributed by atoms with Crippen molar-refractivity contribution in [3.63, 3.8) is 0 Å². The SMILES string of the molecule is CCOCc1cc(COCC)cc(C(C)(C)c2cc(COCC)c(C3CCC3)c(COCC)c2)c1. The van der Waals surface area contributed by atoms with Gasteiger partial charge in [-0.25, -0.2) is 0 Å². The van der Waals surface area contributed by atoms with Gasteiger partial charge >= 0.3 is 0 Å². The van der Waals surface area contributed by atoms with Gasteiger partial charge in [-0.05, 0) is 85.4 Å². The van der Waals surface area contributed by atoms with E-state index >= 15 is 0 Å². The minimum atomic E-state index is -0.191. The van der Waals surface area contributed by atoms with Gasteiger partial charge < -0.3 is 18.9 Å². The molecule has 0 saturated heterocycles. The molecule has 1 aliphatic rings. The van der Waals surface area contributed by atoms with Crippen molar-refractivity contribution in [3.8, 4) is 0 Å². The third kappa shape index (κ3) is 7.16. The van der Waals surface area contributed by atoms with Crippen molar-refractivity contribution in [3.05, 3.63) is 69.3 Å². The second-order valence-electron chi connectivity index (χ2n) is 10.0. The standard InChI is InChI=1S/C31H46O4/c1-7-32-19-23-14-24(20-33-8-2)16-28(15-23)31(5,6)29-17-26(21-34-9-3)30(25-12-11-13-25)27(18-29)22-35-10-4/h14-18,25H,7-13,19-22H2,1-6H3. The Morgan fingerprint density at radius 2 is 1.06 bits per heavy atom. The van der Waals surface area contributed by atoms with E-state index in [9.17, 15) is 0 Å². The van der Waals surface area contributed by atoms with Gasteiger partial charge in [0, 0.05) is 31.8 Å². The molecule has 194 valence electrons. The average Bonchev–Trinajstić information content (AvgIpc) is 2.83. The number of benzene rings is 2. The van der Waals surface area contributed by atoms with Crippen molar-refractivity contribution in [1.29, 1.82) is 0 Å². The van der Waals surface area contributed by atoms with Gasteiger partial charge in [-0.15, -0.1) is 0 Å². The van der Waals surface area contributed by atoms with E-state index in [0.29, 0.717) is 45.6 Å². The van der Waals surface area contributed by atoms with Crippen LogP contribution < -0.4 is 0 Å². The summed E-state index contributed by atoms with van der Waals surface area (Å²) < 4.78 is 23.5. The average molecular weight is 483 g/mol. The van der Waals surface area contributed by atoms with Crippen LogP contribution in [0.2, 0.25) is 0 Å². The smallest absolute Gasteiger partial charge is 0.0719 e. The third-order valence-corrected chi connectivity index (χ3v) is 7.23. The second kappa shape index (κ2) is 13.5. The zero-order valence-electron chi connectivity index (χ0n) is 22.9. The van der Waals surface area contributed by atoms with E-state index in [1.165, 1.54) is 58.2 Å². The lowest BCUT2D eigenvalue weighted by Gasteiger charge is -2.34. The normalized spacial score (nSPS) is 14.3. The fourth-order valence-electron chi connectivity index (χ4n) is 4.92. The summed E-state index contributed by atoms with van der Waals surface area (Å²) in [7, 11) is 0. The molecule has 2 aromatic carbocycles. The van der Waals surface area contributed by atoms with Crippen LogP contribution >= 0.6 is 0 Å². The van der Waals surface area contributed by atoms with Crippen molar-refractivity contribution in [1.82, 2.24) is 0 Å². The highest BCUT2D eigenvalue weighted by molar-refractivity contribution is 5.49. The van der Waals surface area contributed by atoms with Crippen molar-refractivity contribution >= 4 is 0 Å². The molecule has 0 aliphatic heterocycles. The van der Waals surface area contributed by atoms with Gasteiger partial charge in [0.1, 0.15) is 0 Å². The molecule has 4 heteroatoms. The van der Waals surface area contributed by atoms with Crippen LogP contribution in [-0.2, 0) is 50.8 Å². The Hall–Kier alpha value is -1.72. The third-order valence-electron chi connectivity index (χ3n) is 7.23. The summed E-state index contributed by atoms with van der Waals surface area (Å²) in [5.74, 6) is 0.630. The number of ether oxygens (including phenoxy) is 4. The highest BCUT2D eigenvalue weighted by Gasteiger charge is 2.30. The first-order chi connectivity index (χ1) is 16.9. The summed E-state index contributed by atoms with van der Waals surface area (Å²) in [6.07, 6.45) is 3.85. The number of rotatable bonds is 15. The van der Waals surface area contributed by atoms with Crippen molar-refractivity contribution in [2.75, 3.05) is 26.4 Å². The van der Waals surface area contributed by atoms with E-state index in [1.807, 2.05) is 13.8 Å². The van der Waals surface area contributed by atoms with Crippen LogP contribution in [0.5, 0.6) is 0 Å². The molecule has 2 aromatic rings. The van der Waals surface area contributed by atoms with E-state index in [-0.39, 0.29) is 5.41 Å². The quantitative estimate of drug-likeness (QED) is 0.265. The number of hydrogen-bond acceptors (Lipinski definition) is 4. The fraction of sp³-hybridized carbons (Fsp3) is 0.613. The summed E-state index contributed by atoms with van der Waals surface area (Å²) in [5.41, 5.74) is 8.92. The lowest BCUT2D eigenvalue weighted by molar-refractivity contribution is 0.127. The molecule has 4 nitrogen and oxygen atoms in total. The van der Waals surface area contributed by atoms with Crippen molar-refractivity contribution in [2.45, 2.75) is 98.6 Å². The maximum absolute atomic E-state index is 5.96. The topological polar surface area (TPSA) is 36.9 Å². The van der Waals surface area contributed by atoms with E-state index < -0.39 is 0 Å². The molecular weight excluding hydrogens is 436 g/mol. The second-order valence-corrected chi connectivity index (χ2v) is 10.0. The molecule has 0 aromatic heterocycles. The van der Waals surface area contributed by atoms with Crippen LogP contribution in [0, 0.1) is 0 Å². The minimum absolute atomic E-state index is 0.191. The van der Waals surface area contributed by atoms with Gasteiger partial charge in [-0.2, -0.15) is 0 Å². The first kappa shape index (κ1) is 27.9. The van der Waals surface area contributed by atoms with E-state index in [0.717, 1.165) is 13.2 Å². The predicted octanol–water partition coefficient (Wildman–Crippen LogP) is 7.43. The van der Waals surface area contributed by atoms with Gasteiger partial charge in [-0.3, -0.25) is 0 Å². The lowest BCUT2D eigenvalue weighted by Crippen LogP contribution is -2.23. The molecule has 0 heterocycles. The molecule has 1 saturated carbocycles. The van der Waals surface area contributed by atoms with Crippen LogP contribution in [0.15, 0.2) is 30.3 Å². The molecular formula is C31H46O4. The summed E-state index contributed by atoms with van der Waals surface area (Å²) in [4.78, 5) is 0. The molecule has 1 fully saturated rings. The van der Waals surface area contributed by atoms with Crippen LogP contribution in [0.4, 0.5) is 0 Å². The van der Waals surface area contributed by atoms with Gasteiger partial charge in [0.15, 0.2) is 0 Å². The highest BCUT2D eigenvalue weighted by atomic mass is 16.5. The van der Waals surface area contributed by atoms with Crippen LogP contribution in [-0.4, -0.2) is 26.4 Å². The zero-order chi connectivity index (χ0) is 25.3. The Labute approximate surface area is 213 Å². The molecule has 0 atom stereocenters. The zero-order valence-corrected chi connectivity index (χ0v) is 22.9. The summed E-state index contributed by atoms with van der Waals surface area (Å²) in [5, 5.41) is 0. The first-order valence-corrected chi connectivity index (χ1v) is 13.5. The Balaban J connectivity index is 2.08. The van der Waals surface area contributed by atoms with Crippen molar-refractivity contribution < 1.29 is 18.9 Å². The van der Waals surface area contributed by atoms with E-state index in [1.54, 1.807) is 0 Å². The Bertz CT molecular complexity index is 874. The number of hydrogen-bond donors (Lipinski definition) is 0. The Kier molecular flexibility index (Phi) is 10.8. The van der Waals surface area contributed by atoms with Crippen LogP contribution in [0.25, 0.3) is 0 Å². The summed E-state index contributed by atoms with van der Waals surface area (Å²) in [6, 6.07) is 11.6. The first-order valence-electron chi connectivity index (χ1n) is 13.5. The molecule has 1 aliphatic carbocycles. The summed E-state index contributed by atoms with van der Waals surface area (Å²) in [6.45, 7) is 18.3.